The molecule has 1 atom stereocenters. The fraction of sp³-hybridized carbons (Fsp3) is 0.556. The molecule has 0 saturated heterocycles. The summed E-state index contributed by atoms with van der Waals surface area (Å²) in [4.78, 5) is 8.01. The molecule has 2 N–H and O–H groups in total. The zero-order valence-electron chi connectivity index (χ0n) is 9.21. The first-order valence-electron chi connectivity index (χ1n) is 4.82. The fourth-order valence-electron chi connectivity index (χ4n) is 0.926. The molecule has 1 unspecified atom stereocenters. The Bertz CT molecular complexity index is 430. The van der Waals surface area contributed by atoms with Crippen LogP contribution in [0.5, 0.6) is 0 Å². The van der Waals surface area contributed by atoms with Crippen molar-refractivity contribution in [1.29, 1.82) is 0 Å². The van der Waals surface area contributed by atoms with Crippen LogP contribution in [0.2, 0.25) is 0 Å². The Kier molecular flexibility index (Phi) is 4.34. The second-order valence-electron chi connectivity index (χ2n) is 3.51. The molecule has 0 saturated carbocycles. The Balaban J connectivity index is 2.61. The first-order chi connectivity index (χ1) is 7.45. The molecule has 0 aromatic carbocycles. The molecule has 0 radical (unpaired) electrons. The van der Waals surface area contributed by atoms with Crippen LogP contribution in [0, 0.1) is 6.92 Å². The van der Waals surface area contributed by atoms with Crippen molar-refractivity contribution in [3.05, 3.63) is 23.8 Å². The Morgan fingerprint density at radius 1 is 1.44 bits per heavy atom. The molecule has 1 rings (SSSR count). The van der Waals surface area contributed by atoms with Crippen LogP contribution in [0.15, 0.2) is 12.4 Å². The number of sulfonamides is 1. The minimum Gasteiger partial charge on any atom is -0.395 e. The topological polar surface area (TPSA) is 92.2 Å². The van der Waals surface area contributed by atoms with Gasteiger partial charge in [-0.1, -0.05) is 0 Å². The monoisotopic (exact) mass is 245 g/mol. The summed E-state index contributed by atoms with van der Waals surface area (Å²) in [6, 6.07) is 0. The van der Waals surface area contributed by atoms with Gasteiger partial charge in [0.25, 0.3) is 0 Å². The molecule has 16 heavy (non-hydrogen) atoms. The van der Waals surface area contributed by atoms with Crippen LogP contribution < -0.4 is 4.72 Å². The standard InChI is InChI=1S/C9H15N3O3S/c1-7-3-11-9(4-10-7)5-12-16(14,15)8(2)6-13/h3-4,8,12-13H,5-6H2,1-2H3. The SMILES string of the molecule is Cc1cnc(CNS(=O)(=O)C(C)CO)cn1. The summed E-state index contributed by atoms with van der Waals surface area (Å²) in [7, 11) is -3.49. The first-order valence-corrected chi connectivity index (χ1v) is 6.37. The lowest BCUT2D eigenvalue weighted by atomic mass is 10.4. The summed E-state index contributed by atoms with van der Waals surface area (Å²) in [6.07, 6.45) is 3.08. The van der Waals surface area contributed by atoms with E-state index in [9.17, 15) is 8.42 Å². The number of aromatic nitrogens is 2. The maximum Gasteiger partial charge on any atom is 0.216 e. The molecule has 0 bridgehead atoms. The molecular weight excluding hydrogens is 230 g/mol. The summed E-state index contributed by atoms with van der Waals surface area (Å²) in [6.45, 7) is 2.91. The summed E-state index contributed by atoms with van der Waals surface area (Å²) < 4.78 is 25.3. The number of rotatable bonds is 5. The maximum atomic E-state index is 11.5. The van der Waals surface area contributed by atoms with E-state index in [4.69, 9.17) is 5.11 Å². The van der Waals surface area contributed by atoms with E-state index in [-0.39, 0.29) is 6.54 Å². The Morgan fingerprint density at radius 3 is 2.62 bits per heavy atom. The number of hydrogen-bond donors (Lipinski definition) is 2. The third kappa shape index (κ3) is 3.51. The fourth-order valence-corrected chi connectivity index (χ4v) is 1.76. The van der Waals surface area contributed by atoms with Crippen LogP contribution in [-0.2, 0) is 16.6 Å². The Morgan fingerprint density at radius 2 is 2.12 bits per heavy atom. The smallest absolute Gasteiger partial charge is 0.216 e. The van der Waals surface area contributed by atoms with E-state index in [1.54, 1.807) is 13.1 Å². The highest BCUT2D eigenvalue weighted by Crippen LogP contribution is 1.99. The lowest BCUT2D eigenvalue weighted by Gasteiger charge is -2.10. The van der Waals surface area contributed by atoms with E-state index in [1.807, 2.05) is 0 Å². The third-order valence-electron chi connectivity index (χ3n) is 2.08. The molecule has 6 nitrogen and oxygen atoms in total. The second kappa shape index (κ2) is 5.33. The minimum atomic E-state index is -3.49. The van der Waals surface area contributed by atoms with Crippen molar-refractivity contribution in [2.24, 2.45) is 0 Å². The highest BCUT2D eigenvalue weighted by Gasteiger charge is 2.19. The molecular formula is C9H15N3O3S. The third-order valence-corrected chi connectivity index (χ3v) is 3.83. The molecule has 0 amide bonds. The van der Waals surface area contributed by atoms with Crippen LogP contribution in [0.1, 0.15) is 18.3 Å². The van der Waals surface area contributed by atoms with Crippen molar-refractivity contribution in [3.63, 3.8) is 0 Å². The van der Waals surface area contributed by atoms with Crippen molar-refractivity contribution in [2.45, 2.75) is 25.6 Å². The minimum absolute atomic E-state index is 0.0833. The highest BCUT2D eigenvalue weighted by atomic mass is 32.2. The van der Waals surface area contributed by atoms with Gasteiger partial charge in [-0.15, -0.1) is 0 Å². The van der Waals surface area contributed by atoms with Gasteiger partial charge in [0.1, 0.15) is 0 Å². The highest BCUT2D eigenvalue weighted by molar-refractivity contribution is 7.90. The van der Waals surface area contributed by atoms with Gasteiger partial charge in [-0.3, -0.25) is 9.97 Å². The first kappa shape index (κ1) is 13.0. The van der Waals surface area contributed by atoms with E-state index in [1.165, 1.54) is 13.1 Å². The van der Waals surface area contributed by atoms with Gasteiger partial charge < -0.3 is 5.11 Å². The normalized spacial score (nSPS) is 13.7. The molecule has 90 valence electrons. The number of nitrogens with zero attached hydrogens (tertiary/aromatic N) is 2. The van der Waals surface area contributed by atoms with Crippen molar-refractivity contribution < 1.29 is 13.5 Å². The van der Waals surface area contributed by atoms with Gasteiger partial charge in [0.2, 0.25) is 10.0 Å². The molecule has 0 aliphatic rings. The summed E-state index contributed by atoms with van der Waals surface area (Å²) in [5.41, 5.74) is 1.31. The van der Waals surface area contributed by atoms with Crippen LogP contribution in [-0.4, -0.2) is 35.3 Å². The van der Waals surface area contributed by atoms with Gasteiger partial charge in [-0.05, 0) is 13.8 Å². The van der Waals surface area contributed by atoms with Crippen LogP contribution in [0.25, 0.3) is 0 Å². The summed E-state index contributed by atoms with van der Waals surface area (Å²) in [5, 5.41) is 7.93. The average Bonchev–Trinajstić information content (AvgIpc) is 2.27. The summed E-state index contributed by atoms with van der Waals surface area (Å²) >= 11 is 0. The summed E-state index contributed by atoms with van der Waals surface area (Å²) in [5.74, 6) is 0. The number of aryl methyl sites for hydroxylation is 1. The van der Waals surface area contributed by atoms with E-state index in [2.05, 4.69) is 14.7 Å². The van der Waals surface area contributed by atoms with E-state index in [0.29, 0.717) is 5.69 Å². The van der Waals surface area contributed by atoms with Crippen LogP contribution >= 0.6 is 0 Å². The van der Waals surface area contributed by atoms with Gasteiger partial charge in [0, 0.05) is 6.20 Å². The predicted octanol–water partition coefficient (Wildman–Crippen LogP) is -0.415. The second-order valence-corrected chi connectivity index (χ2v) is 5.69. The quantitative estimate of drug-likeness (QED) is 0.735. The lowest BCUT2D eigenvalue weighted by molar-refractivity contribution is 0.294. The number of aliphatic hydroxyl groups excluding tert-OH is 1. The molecule has 0 aliphatic heterocycles. The average molecular weight is 245 g/mol. The number of aliphatic hydroxyl groups is 1. The van der Waals surface area contributed by atoms with Crippen molar-refractivity contribution in [2.75, 3.05) is 6.61 Å². The van der Waals surface area contributed by atoms with Crippen molar-refractivity contribution >= 4 is 10.0 Å². The van der Waals surface area contributed by atoms with Crippen molar-refractivity contribution in [1.82, 2.24) is 14.7 Å². The molecule has 1 heterocycles. The Labute approximate surface area is 94.8 Å². The van der Waals surface area contributed by atoms with Gasteiger partial charge in [-0.25, -0.2) is 13.1 Å². The zero-order valence-corrected chi connectivity index (χ0v) is 10.0. The molecule has 0 fully saturated rings. The largest absolute Gasteiger partial charge is 0.395 e. The predicted molar refractivity (Wildman–Crippen MR) is 59.1 cm³/mol. The van der Waals surface area contributed by atoms with Gasteiger partial charge in [0.05, 0.1) is 36.0 Å². The van der Waals surface area contributed by atoms with E-state index in [0.717, 1.165) is 5.69 Å². The Hall–Kier alpha value is -1.05. The van der Waals surface area contributed by atoms with Gasteiger partial charge in [0.15, 0.2) is 0 Å². The molecule has 0 aliphatic carbocycles. The van der Waals surface area contributed by atoms with Crippen LogP contribution in [0.3, 0.4) is 0 Å². The van der Waals surface area contributed by atoms with Crippen LogP contribution in [0.4, 0.5) is 0 Å². The van der Waals surface area contributed by atoms with Crippen molar-refractivity contribution in [3.8, 4) is 0 Å². The van der Waals surface area contributed by atoms with Gasteiger partial charge in [-0.2, -0.15) is 0 Å². The van der Waals surface area contributed by atoms with E-state index >= 15 is 0 Å². The molecule has 0 spiro atoms. The number of nitrogens with one attached hydrogen (secondary N) is 1. The zero-order chi connectivity index (χ0) is 12.2. The van der Waals surface area contributed by atoms with E-state index < -0.39 is 21.9 Å². The van der Waals surface area contributed by atoms with Gasteiger partial charge >= 0.3 is 0 Å². The lowest BCUT2D eigenvalue weighted by Crippen LogP contribution is -2.34. The number of hydrogen-bond acceptors (Lipinski definition) is 5. The molecule has 1 aromatic heterocycles. The molecule has 1 aromatic rings. The maximum absolute atomic E-state index is 11.5. The molecule has 7 heteroatoms.